The molecule has 0 saturated heterocycles. The molecule has 26 heavy (non-hydrogen) atoms. The fraction of sp³-hybridized carbons (Fsp3) is 0.143. The van der Waals surface area contributed by atoms with E-state index in [4.69, 9.17) is 0 Å². The molecule has 0 fully saturated rings. The minimum absolute atomic E-state index is 0.0258. The van der Waals surface area contributed by atoms with Crippen molar-refractivity contribution in [2.24, 2.45) is 0 Å². The van der Waals surface area contributed by atoms with Gasteiger partial charge >= 0.3 is 10.2 Å². The predicted molar refractivity (Wildman–Crippen MR) is 87.6 cm³/mol. The van der Waals surface area contributed by atoms with Crippen LogP contribution in [0.2, 0.25) is 0 Å². The molecule has 3 aromatic rings. The van der Waals surface area contributed by atoms with Gasteiger partial charge in [0.05, 0.1) is 0 Å². The zero-order chi connectivity index (χ0) is 19.1. The number of rotatable bonds is 4. The molecule has 3 rings (SSSR count). The van der Waals surface area contributed by atoms with Crippen molar-refractivity contribution in [3.63, 3.8) is 0 Å². The van der Waals surface area contributed by atoms with E-state index in [2.05, 4.69) is 15.1 Å². The van der Waals surface area contributed by atoms with Gasteiger partial charge in [-0.05, 0) is 25.1 Å². The molecule has 136 valence electrons. The third-order valence-corrected chi connectivity index (χ3v) is 4.59. The summed E-state index contributed by atoms with van der Waals surface area (Å²) in [6.45, 7) is 2.56. The molecule has 0 aliphatic carbocycles. The molecule has 1 amide bonds. The predicted octanol–water partition coefficient (Wildman–Crippen LogP) is 1.42. The van der Waals surface area contributed by atoms with Gasteiger partial charge in [0.1, 0.15) is 5.69 Å². The quantitative estimate of drug-likeness (QED) is 0.731. The third kappa shape index (κ3) is 3.18. The van der Waals surface area contributed by atoms with Gasteiger partial charge in [0, 0.05) is 18.8 Å². The Kier molecular flexibility index (Phi) is 4.28. The van der Waals surface area contributed by atoms with Crippen LogP contribution in [-0.4, -0.2) is 33.9 Å². The highest BCUT2D eigenvalue weighted by molar-refractivity contribution is 7.94. The molecular weight excluding hydrogens is 370 g/mol. The Morgan fingerprint density at radius 2 is 1.85 bits per heavy atom. The fourth-order valence-electron chi connectivity index (χ4n) is 2.20. The van der Waals surface area contributed by atoms with Crippen molar-refractivity contribution in [3.8, 4) is 0 Å². The second kappa shape index (κ2) is 6.29. The van der Waals surface area contributed by atoms with Crippen molar-refractivity contribution in [1.29, 1.82) is 0 Å². The maximum absolute atomic E-state index is 14.0. The topological polar surface area (TPSA) is 110 Å². The summed E-state index contributed by atoms with van der Waals surface area (Å²) in [4.78, 5) is 19.7. The number of carbonyl (C=O) groups is 1. The van der Waals surface area contributed by atoms with E-state index < -0.39 is 39.4 Å². The summed E-state index contributed by atoms with van der Waals surface area (Å²) in [5.41, 5.74) is -0.400. The number of para-hydroxylation sites is 1. The van der Waals surface area contributed by atoms with Crippen LogP contribution in [0.5, 0.6) is 0 Å². The number of benzene rings is 1. The van der Waals surface area contributed by atoms with E-state index in [1.54, 1.807) is 13.0 Å². The standard InChI is InChI=1S/C14H12F2N6O3S/c1-8-6-7-21-14(17-8)18-13(19-21)20-26(24,25)22(9(2)23)12-10(15)4-3-5-11(12)16/h3-7H,1-2H3,(H,19,20). The molecule has 1 aromatic carbocycles. The SMILES string of the molecule is CC(=O)N(c1c(F)cccc1F)S(=O)(=O)Nc1nc2nc(C)ccn2n1. The number of hydrogen-bond donors (Lipinski definition) is 1. The Labute approximate surface area is 146 Å². The van der Waals surface area contributed by atoms with Gasteiger partial charge in [-0.1, -0.05) is 6.07 Å². The Morgan fingerprint density at radius 3 is 2.46 bits per heavy atom. The molecule has 0 aliphatic rings. The summed E-state index contributed by atoms with van der Waals surface area (Å²) >= 11 is 0. The molecule has 12 heteroatoms. The van der Waals surface area contributed by atoms with E-state index >= 15 is 0 Å². The van der Waals surface area contributed by atoms with Gasteiger partial charge in [0.2, 0.25) is 5.91 Å². The Balaban J connectivity index is 2.04. The summed E-state index contributed by atoms with van der Waals surface area (Å²) in [7, 11) is -4.74. The molecule has 0 saturated carbocycles. The number of aromatic nitrogens is 4. The van der Waals surface area contributed by atoms with Crippen LogP contribution in [0.1, 0.15) is 12.6 Å². The number of nitrogens with one attached hydrogen (secondary N) is 1. The van der Waals surface area contributed by atoms with E-state index in [-0.39, 0.29) is 10.1 Å². The molecule has 0 radical (unpaired) electrons. The minimum atomic E-state index is -4.74. The number of carbonyl (C=O) groups excluding carboxylic acids is 1. The summed E-state index contributed by atoms with van der Waals surface area (Å²) < 4.78 is 56.1. The smallest absolute Gasteiger partial charge is 0.274 e. The first-order chi connectivity index (χ1) is 12.2. The molecule has 9 nitrogen and oxygen atoms in total. The van der Waals surface area contributed by atoms with Crippen LogP contribution < -0.4 is 9.03 Å². The maximum Gasteiger partial charge on any atom is 0.333 e. The molecule has 0 atom stereocenters. The summed E-state index contributed by atoms with van der Waals surface area (Å²) in [5, 5.41) is 3.85. The van der Waals surface area contributed by atoms with Crippen LogP contribution in [0.3, 0.4) is 0 Å². The number of nitrogens with zero attached hydrogens (tertiary/aromatic N) is 5. The van der Waals surface area contributed by atoms with Gasteiger partial charge in [-0.3, -0.25) is 4.79 Å². The molecule has 0 bridgehead atoms. The first kappa shape index (κ1) is 17.7. The highest BCUT2D eigenvalue weighted by Gasteiger charge is 2.32. The number of fused-ring (bicyclic) bond motifs is 1. The van der Waals surface area contributed by atoms with Crippen molar-refractivity contribution in [3.05, 3.63) is 47.8 Å². The van der Waals surface area contributed by atoms with Crippen LogP contribution in [0.25, 0.3) is 5.78 Å². The summed E-state index contributed by atoms with van der Waals surface area (Å²) in [5.74, 6) is -3.86. The number of anilines is 2. The number of aryl methyl sites for hydroxylation is 1. The third-order valence-electron chi connectivity index (χ3n) is 3.23. The van der Waals surface area contributed by atoms with Gasteiger partial charge in [0.25, 0.3) is 11.7 Å². The minimum Gasteiger partial charge on any atom is -0.274 e. The average Bonchev–Trinajstić information content (AvgIpc) is 2.90. The lowest BCUT2D eigenvalue weighted by Crippen LogP contribution is -2.40. The van der Waals surface area contributed by atoms with Crippen molar-refractivity contribution in [2.45, 2.75) is 13.8 Å². The number of amides is 1. The fourth-order valence-corrected chi connectivity index (χ4v) is 3.36. The van der Waals surface area contributed by atoms with Gasteiger partial charge in [-0.25, -0.2) is 23.0 Å². The molecular formula is C14H12F2N6O3S. The van der Waals surface area contributed by atoms with Crippen LogP contribution >= 0.6 is 0 Å². The van der Waals surface area contributed by atoms with E-state index in [1.807, 2.05) is 4.72 Å². The zero-order valence-corrected chi connectivity index (χ0v) is 14.3. The van der Waals surface area contributed by atoms with E-state index in [0.717, 1.165) is 25.1 Å². The van der Waals surface area contributed by atoms with Crippen molar-refractivity contribution < 1.29 is 22.0 Å². The van der Waals surface area contributed by atoms with Crippen LogP contribution in [-0.2, 0) is 15.0 Å². The number of halogens is 2. The molecule has 1 N–H and O–H groups in total. The molecule has 2 heterocycles. The lowest BCUT2D eigenvalue weighted by Gasteiger charge is -2.21. The Morgan fingerprint density at radius 1 is 1.19 bits per heavy atom. The molecule has 0 aliphatic heterocycles. The molecule has 2 aromatic heterocycles. The first-order valence-corrected chi connectivity index (χ1v) is 8.61. The monoisotopic (exact) mass is 382 g/mol. The van der Waals surface area contributed by atoms with Crippen molar-refractivity contribution in [1.82, 2.24) is 19.6 Å². The second-order valence-corrected chi connectivity index (χ2v) is 6.73. The van der Waals surface area contributed by atoms with Crippen molar-refractivity contribution in [2.75, 3.05) is 9.03 Å². The number of hydrogen-bond acceptors (Lipinski definition) is 6. The van der Waals surface area contributed by atoms with Crippen LogP contribution in [0.4, 0.5) is 20.4 Å². The summed E-state index contributed by atoms with van der Waals surface area (Å²) in [6, 6.07) is 4.33. The second-order valence-electron chi connectivity index (χ2n) is 5.21. The van der Waals surface area contributed by atoms with Crippen LogP contribution in [0, 0.1) is 18.6 Å². The van der Waals surface area contributed by atoms with Crippen molar-refractivity contribution >= 4 is 33.5 Å². The lowest BCUT2D eigenvalue weighted by molar-refractivity contribution is -0.115. The van der Waals surface area contributed by atoms with Gasteiger partial charge in [-0.2, -0.15) is 17.7 Å². The zero-order valence-electron chi connectivity index (χ0n) is 13.5. The van der Waals surface area contributed by atoms with Gasteiger partial charge in [0.15, 0.2) is 11.6 Å². The highest BCUT2D eigenvalue weighted by Crippen LogP contribution is 2.26. The highest BCUT2D eigenvalue weighted by atomic mass is 32.2. The van der Waals surface area contributed by atoms with Gasteiger partial charge < -0.3 is 0 Å². The van der Waals surface area contributed by atoms with Gasteiger partial charge in [-0.15, -0.1) is 5.10 Å². The maximum atomic E-state index is 14.0. The summed E-state index contributed by atoms with van der Waals surface area (Å²) in [6.07, 6.45) is 1.50. The van der Waals surface area contributed by atoms with Crippen LogP contribution in [0.15, 0.2) is 30.5 Å². The van der Waals surface area contributed by atoms with E-state index in [9.17, 15) is 22.0 Å². The Hall–Kier alpha value is -3.15. The Bertz CT molecular complexity index is 1090. The lowest BCUT2D eigenvalue weighted by atomic mass is 10.3. The molecule has 0 unspecified atom stereocenters. The molecule has 0 spiro atoms. The average molecular weight is 382 g/mol. The normalized spacial score (nSPS) is 11.5. The first-order valence-electron chi connectivity index (χ1n) is 7.17. The largest absolute Gasteiger partial charge is 0.333 e. The van der Waals surface area contributed by atoms with E-state index in [1.165, 1.54) is 10.7 Å². The van der Waals surface area contributed by atoms with E-state index in [0.29, 0.717) is 5.69 Å².